The highest BCUT2D eigenvalue weighted by Crippen LogP contribution is 2.20. The van der Waals surface area contributed by atoms with E-state index < -0.39 is 23.5 Å². The van der Waals surface area contributed by atoms with Gasteiger partial charge in [-0.25, -0.2) is 4.79 Å². The number of nitrogens with zero attached hydrogens (tertiary/aromatic N) is 2. The number of rotatable bonds is 16. The van der Waals surface area contributed by atoms with Crippen LogP contribution in [-0.2, 0) is 23.9 Å². The second-order valence-corrected chi connectivity index (χ2v) is 11.9. The maximum atomic E-state index is 12.6. The molecule has 0 aromatic heterocycles. The van der Waals surface area contributed by atoms with Crippen molar-refractivity contribution in [1.82, 2.24) is 25.8 Å². The van der Waals surface area contributed by atoms with Crippen LogP contribution in [0.15, 0.2) is 18.2 Å². The summed E-state index contributed by atoms with van der Waals surface area (Å²) in [6.07, 6.45) is 5.71. The molecule has 2 rings (SSSR count). The molecular formula is C32H51N5O8. The zero-order valence-electron chi connectivity index (χ0n) is 27.6. The summed E-state index contributed by atoms with van der Waals surface area (Å²) >= 11 is 0. The molecule has 1 aromatic carbocycles. The van der Waals surface area contributed by atoms with E-state index in [1.807, 2.05) is 33.1 Å². The quantitative estimate of drug-likeness (QED) is 0.182. The van der Waals surface area contributed by atoms with Crippen LogP contribution in [0.1, 0.15) is 82.1 Å². The first-order valence-corrected chi connectivity index (χ1v) is 15.4. The topological polar surface area (TPSA) is 163 Å². The summed E-state index contributed by atoms with van der Waals surface area (Å²) in [7, 11) is 1.99. The van der Waals surface area contributed by atoms with E-state index in [0.29, 0.717) is 24.0 Å². The van der Waals surface area contributed by atoms with Gasteiger partial charge < -0.3 is 25.0 Å². The molecule has 45 heavy (non-hydrogen) atoms. The molecular weight excluding hydrogens is 582 g/mol. The molecule has 1 aliphatic rings. The molecule has 1 saturated heterocycles. The van der Waals surface area contributed by atoms with Gasteiger partial charge in [0.25, 0.3) is 5.91 Å². The number of unbranched alkanes of at least 4 members (excludes halogenated alkanes) is 1. The number of likely N-dealkylation sites (tertiary alicyclic amines) is 1. The lowest BCUT2D eigenvalue weighted by Gasteiger charge is -2.32. The number of carbonyl (C=O) groups is 6. The van der Waals surface area contributed by atoms with E-state index in [2.05, 4.69) is 15.5 Å². The maximum Gasteiger partial charge on any atom is 0.407 e. The Hall–Kier alpha value is -3.84. The number of benzene rings is 1. The number of carbonyl (C=O) groups excluding carboxylic acids is 6. The van der Waals surface area contributed by atoms with Gasteiger partial charge in [-0.1, -0.05) is 6.07 Å². The normalized spacial score (nSPS) is 14.2. The highest BCUT2D eigenvalue weighted by molar-refractivity contribution is 6.01. The summed E-state index contributed by atoms with van der Waals surface area (Å²) in [6.45, 7) is 13.3. The molecule has 13 nitrogen and oxygen atoms in total. The number of hydrogen-bond acceptors (Lipinski definition) is 10. The molecule has 1 aliphatic heterocycles. The van der Waals surface area contributed by atoms with Gasteiger partial charge in [0.05, 0.1) is 0 Å². The number of nitrogens with one attached hydrogen (secondary N) is 3. The van der Waals surface area contributed by atoms with Crippen molar-refractivity contribution in [2.45, 2.75) is 90.8 Å². The number of amides is 5. The number of aldehydes is 1. The molecule has 13 heteroatoms. The Kier molecular flexibility index (Phi) is 18.3. The molecule has 1 heterocycles. The van der Waals surface area contributed by atoms with Crippen LogP contribution in [0, 0.1) is 6.92 Å². The van der Waals surface area contributed by atoms with E-state index in [9.17, 15) is 28.8 Å². The van der Waals surface area contributed by atoms with Gasteiger partial charge in [0.2, 0.25) is 18.7 Å². The second kappa shape index (κ2) is 21.0. The molecule has 1 aromatic rings. The largest absolute Gasteiger partial charge is 0.486 e. The van der Waals surface area contributed by atoms with E-state index in [-0.39, 0.29) is 43.6 Å². The van der Waals surface area contributed by atoms with Gasteiger partial charge in [-0.05, 0) is 105 Å². The fourth-order valence-corrected chi connectivity index (χ4v) is 4.57. The summed E-state index contributed by atoms with van der Waals surface area (Å²) < 4.78 is 10.5. The van der Waals surface area contributed by atoms with Crippen LogP contribution in [0.5, 0.6) is 5.75 Å². The van der Waals surface area contributed by atoms with Crippen molar-refractivity contribution in [3.05, 3.63) is 29.3 Å². The highest BCUT2D eigenvalue weighted by atomic mass is 16.6. The van der Waals surface area contributed by atoms with Crippen molar-refractivity contribution in [1.29, 1.82) is 0 Å². The first-order valence-electron chi connectivity index (χ1n) is 15.4. The standard InChI is InChI=1S/C17H20N2O6.C15H31N3O2/c1-12-3-5-14(25-8-7-20)9-15(12)17(24)19(11-22)13(2)4-6-16(23)18-10-21;1-15(2,3)20-14(19)17-13-7-11-18(12-8-13)10-6-5-9-16-4/h3,5,7,9-11,13H,4,6,8H2,1-2H3,(H,18,21,23);13,16H,5-12H2,1-4H3,(H,17,19). The van der Waals surface area contributed by atoms with Crippen LogP contribution < -0.4 is 20.7 Å². The third-order valence-electron chi connectivity index (χ3n) is 7.05. The summed E-state index contributed by atoms with van der Waals surface area (Å²) in [5.41, 5.74) is 0.485. The molecule has 1 unspecified atom stereocenters. The van der Waals surface area contributed by atoms with Gasteiger partial charge in [-0.2, -0.15) is 0 Å². The van der Waals surface area contributed by atoms with Gasteiger partial charge in [-0.3, -0.25) is 34.2 Å². The average molecular weight is 634 g/mol. The van der Waals surface area contributed by atoms with Crippen molar-refractivity contribution in [3.8, 4) is 5.75 Å². The molecule has 5 amide bonds. The van der Waals surface area contributed by atoms with Crippen molar-refractivity contribution < 1.29 is 38.2 Å². The third kappa shape index (κ3) is 16.2. The fourth-order valence-electron chi connectivity index (χ4n) is 4.57. The van der Waals surface area contributed by atoms with E-state index >= 15 is 0 Å². The Morgan fingerprint density at radius 1 is 1.11 bits per heavy atom. The van der Waals surface area contributed by atoms with Crippen LogP contribution in [0.25, 0.3) is 0 Å². The van der Waals surface area contributed by atoms with Crippen LogP contribution in [0.3, 0.4) is 0 Å². The summed E-state index contributed by atoms with van der Waals surface area (Å²) in [4.78, 5) is 71.1. The Morgan fingerprint density at radius 2 is 1.80 bits per heavy atom. The monoisotopic (exact) mass is 633 g/mol. The molecule has 0 aliphatic carbocycles. The number of alkyl carbamates (subject to hydrolysis) is 1. The zero-order valence-corrected chi connectivity index (χ0v) is 27.6. The molecule has 0 radical (unpaired) electrons. The van der Waals surface area contributed by atoms with E-state index in [0.717, 1.165) is 37.4 Å². The predicted octanol–water partition coefficient (Wildman–Crippen LogP) is 2.59. The lowest BCUT2D eigenvalue weighted by atomic mass is 10.0. The van der Waals surface area contributed by atoms with Crippen LogP contribution in [0.2, 0.25) is 0 Å². The molecule has 3 N–H and O–H groups in total. The SMILES string of the molecule is CNCCCCN1CCC(NC(=O)OC(C)(C)C)CC1.Cc1ccc(OCC=O)cc1C(=O)N(C=O)C(C)CCC(=O)NC=O. The number of aryl methyl sites for hydroxylation is 1. The van der Waals surface area contributed by atoms with Crippen molar-refractivity contribution in [3.63, 3.8) is 0 Å². The van der Waals surface area contributed by atoms with Crippen LogP contribution in [-0.4, -0.2) is 104 Å². The van der Waals surface area contributed by atoms with Crippen molar-refractivity contribution in [2.24, 2.45) is 0 Å². The Labute approximate surface area is 266 Å². The first-order chi connectivity index (χ1) is 21.3. The summed E-state index contributed by atoms with van der Waals surface area (Å²) in [5.74, 6) is -0.683. The van der Waals surface area contributed by atoms with Gasteiger partial charge >= 0.3 is 6.09 Å². The number of ether oxygens (including phenoxy) is 2. The van der Waals surface area contributed by atoms with Gasteiger partial charge in [-0.15, -0.1) is 0 Å². The van der Waals surface area contributed by atoms with Gasteiger partial charge in [0, 0.05) is 37.2 Å². The number of imide groups is 2. The Bertz CT molecular complexity index is 1100. The summed E-state index contributed by atoms with van der Waals surface area (Å²) in [6, 6.07) is 4.45. The highest BCUT2D eigenvalue weighted by Gasteiger charge is 2.24. The van der Waals surface area contributed by atoms with Crippen LogP contribution in [0.4, 0.5) is 4.79 Å². The van der Waals surface area contributed by atoms with Crippen molar-refractivity contribution >= 4 is 37.0 Å². The lowest BCUT2D eigenvalue weighted by Crippen LogP contribution is -2.46. The van der Waals surface area contributed by atoms with E-state index in [4.69, 9.17) is 9.47 Å². The van der Waals surface area contributed by atoms with Gasteiger partial charge in [0.15, 0.2) is 6.29 Å². The molecule has 0 spiro atoms. The smallest absolute Gasteiger partial charge is 0.407 e. The second-order valence-electron chi connectivity index (χ2n) is 11.9. The minimum absolute atomic E-state index is 0.000998. The Morgan fingerprint density at radius 3 is 2.38 bits per heavy atom. The minimum Gasteiger partial charge on any atom is -0.486 e. The maximum absolute atomic E-state index is 12.6. The molecule has 1 fully saturated rings. The zero-order chi connectivity index (χ0) is 33.8. The van der Waals surface area contributed by atoms with E-state index in [1.165, 1.54) is 25.5 Å². The lowest BCUT2D eigenvalue weighted by molar-refractivity contribution is -0.126. The van der Waals surface area contributed by atoms with Crippen molar-refractivity contribution in [2.75, 3.05) is 39.8 Å². The molecule has 0 bridgehead atoms. The fraction of sp³-hybridized carbons (Fsp3) is 0.625. The summed E-state index contributed by atoms with van der Waals surface area (Å²) in [5, 5.41) is 8.15. The minimum atomic E-state index is -0.540. The average Bonchev–Trinajstić information content (AvgIpc) is 2.98. The molecule has 0 saturated carbocycles. The predicted molar refractivity (Wildman–Crippen MR) is 170 cm³/mol. The number of hydrogen-bond donors (Lipinski definition) is 3. The number of piperidine rings is 1. The molecule has 252 valence electrons. The van der Waals surface area contributed by atoms with Gasteiger partial charge in [0.1, 0.15) is 18.0 Å². The third-order valence-corrected chi connectivity index (χ3v) is 7.05. The van der Waals surface area contributed by atoms with Crippen LogP contribution >= 0.6 is 0 Å². The molecule has 1 atom stereocenters. The first kappa shape index (κ1) is 39.2. The Balaban J connectivity index is 0.000000461. The van der Waals surface area contributed by atoms with E-state index in [1.54, 1.807) is 26.0 Å².